The van der Waals surface area contributed by atoms with Gasteiger partial charge in [-0.25, -0.2) is 17.2 Å². The van der Waals surface area contributed by atoms with Crippen LogP contribution < -0.4 is 5.32 Å². The zero-order chi connectivity index (χ0) is 14.6. The van der Waals surface area contributed by atoms with Crippen LogP contribution >= 0.6 is 10.7 Å². The number of amides is 1. The normalized spacial score (nSPS) is 11.4. The van der Waals surface area contributed by atoms with E-state index in [1.165, 1.54) is 0 Å². The van der Waals surface area contributed by atoms with Crippen LogP contribution in [-0.4, -0.2) is 14.3 Å². The van der Waals surface area contributed by atoms with Crippen molar-refractivity contribution in [3.63, 3.8) is 0 Å². The molecule has 0 atom stereocenters. The Morgan fingerprint density at radius 3 is 2.26 bits per heavy atom. The highest BCUT2D eigenvalue weighted by molar-refractivity contribution is 8.13. The zero-order valence-electron chi connectivity index (χ0n) is 10.0. The number of benzene rings is 1. The maximum atomic E-state index is 13.5. The highest BCUT2D eigenvalue weighted by atomic mass is 35.7. The van der Waals surface area contributed by atoms with Gasteiger partial charge in [-0.3, -0.25) is 4.79 Å². The van der Waals surface area contributed by atoms with Crippen molar-refractivity contribution in [1.29, 1.82) is 0 Å². The van der Waals surface area contributed by atoms with Crippen LogP contribution in [0.25, 0.3) is 0 Å². The minimum Gasteiger partial charge on any atom is -0.321 e. The summed E-state index contributed by atoms with van der Waals surface area (Å²) in [6, 6.07) is 1.11. The Hall–Kier alpha value is -1.21. The summed E-state index contributed by atoms with van der Waals surface area (Å²) in [6.07, 6.45) is 1.48. The molecule has 0 fully saturated rings. The number of rotatable bonds is 5. The van der Waals surface area contributed by atoms with Crippen LogP contribution in [0.5, 0.6) is 0 Å². The van der Waals surface area contributed by atoms with Crippen LogP contribution in [0.2, 0.25) is 0 Å². The first-order valence-electron chi connectivity index (χ1n) is 5.49. The van der Waals surface area contributed by atoms with Crippen molar-refractivity contribution in [3.05, 3.63) is 23.8 Å². The van der Waals surface area contributed by atoms with Crippen LogP contribution in [0.4, 0.5) is 14.5 Å². The van der Waals surface area contributed by atoms with Gasteiger partial charge < -0.3 is 5.32 Å². The molecule has 0 bridgehead atoms. The number of anilines is 1. The van der Waals surface area contributed by atoms with E-state index in [9.17, 15) is 22.0 Å². The van der Waals surface area contributed by atoms with Crippen LogP contribution in [0.15, 0.2) is 17.0 Å². The highest BCUT2D eigenvalue weighted by Crippen LogP contribution is 2.25. The fourth-order valence-corrected chi connectivity index (χ4v) is 2.11. The molecule has 0 aromatic heterocycles. The smallest absolute Gasteiger partial charge is 0.261 e. The van der Waals surface area contributed by atoms with E-state index in [0.717, 1.165) is 6.42 Å². The summed E-state index contributed by atoms with van der Waals surface area (Å²) < 4.78 is 49.0. The Bertz CT molecular complexity index is 567. The van der Waals surface area contributed by atoms with Crippen LogP contribution in [-0.2, 0) is 13.8 Å². The minimum absolute atomic E-state index is 0.130. The molecule has 0 aliphatic carbocycles. The summed E-state index contributed by atoms with van der Waals surface area (Å²) in [5.41, 5.74) is -0.676. The Balaban J connectivity index is 3.01. The number of halogens is 3. The Morgan fingerprint density at radius 1 is 1.32 bits per heavy atom. The quantitative estimate of drug-likeness (QED) is 0.850. The molecule has 0 saturated carbocycles. The fourth-order valence-electron chi connectivity index (χ4n) is 1.35. The number of hydrogen-bond acceptors (Lipinski definition) is 3. The molecule has 1 rings (SSSR count). The molecule has 8 heteroatoms. The summed E-state index contributed by atoms with van der Waals surface area (Å²) in [6.45, 7) is 1.87. The monoisotopic (exact) mass is 311 g/mol. The fraction of sp³-hybridized carbons (Fsp3) is 0.364. The Kier molecular flexibility index (Phi) is 5.25. The second kappa shape index (κ2) is 6.29. The Morgan fingerprint density at radius 2 is 1.84 bits per heavy atom. The van der Waals surface area contributed by atoms with Crippen molar-refractivity contribution in [2.24, 2.45) is 0 Å². The van der Waals surface area contributed by atoms with Crippen molar-refractivity contribution >= 4 is 31.3 Å². The Labute approximate surface area is 114 Å². The highest BCUT2D eigenvalue weighted by Gasteiger charge is 2.19. The average Bonchev–Trinajstić information content (AvgIpc) is 2.29. The third-order valence-electron chi connectivity index (χ3n) is 2.32. The van der Waals surface area contributed by atoms with E-state index in [0.29, 0.717) is 18.6 Å². The van der Waals surface area contributed by atoms with Gasteiger partial charge in [-0.2, -0.15) is 0 Å². The topological polar surface area (TPSA) is 63.2 Å². The second-order valence-corrected chi connectivity index (χ2v) is 6.42. The van der Waals surface area contributed by atoms with Crippen molar-refractivity contribution in [2.45, 2.75) is 31.1 Å². The minimum atomic E-state index is -4.23. The first-order valence-corrected chi connectivity index (χ1v) is 7.80. The molecule has 1 aromatic rings. The van der Waals surface area contributed by atoms with Crippen molar-refractivity contribution < 1.29 is 22.0 Å². The van der Waals surface area contributed by atoms with Crippen molar-refractivity contribution in [1.82, 2.24) is 0 Å². The summed E-state index contributed by atoms with van der Waals surface area (Å²) in [7, 11) is 0.753. The summed E-state index contributed by atoms with van der Waals surface area (Å²) >= 11 is 0. The molecule has 1 amide bonds. The first-order chi connectivity index (χ1) is 8.75. The van der Waals surface area contributed by atoms with Crippen molar-refractivity contribution in [3.8, 4) is 0 Å². The second-order valence-electron chi connectivity index (χ2n) is 3.85. The first kappa shape index (κ1) is 15.8. The van der Waals surface area contributed by atoms with Gasteiger partial charge in [0.25, 0.3) is 9.05 Å². The molecule has 1 N–H and O–H groups in total. The van der Waals surface area contributed by atoms with Crippen LogP contribution in [0.3, 0.4) is 0 Å². The molecular weight excluding hydrogens is 300 g/mol. The third kappa shape index (κ3) is 4.43. The molecular formula is C11H12ClF2NO3S. The molecule has 0 spiro atoms. The predicted octanol–water partition coefficient (Wildman–Crippen LogP) is 3.02. The molecule has 19 heavy (non-hydrogen) atoms. The maximum Gasteiger partial charge on any atom is 0.261 e. The SMILES string of the molecule is CCCCC(=O)Nc1c(F)cc(S(=O)(=O)Cl)cc1F. The molecule has 4 nitrogen and oxygen atoms in total. The summed E-state index contributed by atoms with van der Waals surface area (Å²) in [5, 5.41) is 2.07. The number of nitrogens with one attached hydrogen (secondary N) is 1. The number of carbonyl (C=O) groups excluding carboxylic acids is 1. The lowest BCUT2D eigenvalue weighted by Crippen LogP contribution is -2.14. The summed E-state index contributed by atoms with van der Waals surface area (Å²) in [4.78, 5) is 10.7. The van der Waals surface area contributed by atoms with Gasteiger partial charge in [-0.1, -0.05) is 13.3 Å². The van der Waals surface area contributed by atoms with Gasteiger partial charge in [0, 0.05) is 17.1 Å². The van der Waals surface area contributed by atoms with Gasteiger partial charge in [-0.15, -0.1) is 0 Å². The lowest BCUT2D eigenvalue weighted by atomic mass is 10.2. The largest absolute Gasteiger partial charge is 0.321 e. The average molecular weight is 312 g/mol. The molecule has 0 radical (unpaired) electrons. The number of unbranched alkanes of at least 4 members (excludes halogenated alkanes) is 1. The van der Waals surface area contributed by atoms with E-state index in [4.69, 9.17) is 10.7 Å². The van der Waals surface area contributed by atoms with E-state index >= 15 is 0 Å². The lowest BCUT2D eigenvalue weighted by molar-refractivity contribution is -0.116. The summed E-state index contributed by atoms with van der Waals surface area (Å²) in [5.74, 6) is -2.92. The van der Waals surface area contributed by atoms with E-state index in [1.807, 2.05) is 6.92 Å². The zero-order valence-corrected chi connectivity index (χ0v) is 11.6. The van der Waals surface area contributed by atoms with Gasteiger partial charge in [0.2, 0.25) is 5.91 Å². The van der Waals surface area contributed by atoms with E-state index in [1.54, 1.807) is 0 Å². The molecule has 0 saturated heterocycles. The van der Waals surface area contributed by atoms with Crippen LogP contribution in [0.1, 0.15) is 26.2 Å². The van der Waals surface area contributed by atoms with Crippen molar-refractivity contribution in [2.75, 3.05) is 5.32 Å². The van der Waals surface area contributed by atoms with Gasteiger partial charge in [0.05, 0.1) is 4.90 Å². The standard InChI is InChI=1S/C11H12ClF2NO3S/c1-2-3-4-10(16)15-11-8(13)5-7(6-9(11)14)19(12,17)18/h5-6H,2-4H2,1H3,(H,15,16). The molecule has 1 aromatic carbocycles. The van der Waals surface area contributed by atoms with E-state index < -0.39 is 37.2 Å². The van der Waals surface area contributed by atoms with Gasteiger partial charge in [0.15, 0.2) is 11.6 Å². The van der Waals surface area contributed by atoms with E-state index in [-0.39, 0.29) is 6.42 Å². The predicted molar refractivity (Wildman–Crippen MR) is 67.6 cm³/mol. The van der Waals surface area contributed by atoms with Gasteiger partial charge >= 0.3 is 0 Å². The third-order valence-corrected chi connectivity index (χ3v) is 3.65. The molecule has 0 aliphatic rings. The number of carbonyl (C=O) groups is 1. The lowest BCUT2D eigenvalue weighted by Gasteiger charge is -2.08. The molecule has 0 unspecified atom stereocenters. The molecule has 0 heterocycles. The maximum absolute atomic E-state index is 13.5. The number of hydrogen-bond donors (Lipinski definition) is 1. The molecule has 0 aliphatic heterocycles. The molecule has 106 valence electrons. The van der Waals surface area contributed by atoms with E-state index in [2.05, 4.69) is 5.32 Å². The van der Waals surface area contributed by atoms with Gasteiger partial charge in [-0.05, 0) is 18.6 Å². The van der Waals surface area contributed by atoms with Crippen LogP contribution in [0, 0.1) is 11.6 Å². The van der Waals surface area contributed by atoms with Gasteiger partial charge in [0.1, 0.15) is 5.69 Å².